The monoisotopic (exact) mass is 476 g/mol. The van der Waals surface area contributed by atoms with Crippen LogP contribution in [0.2, 0.25) is 0 Å². The van der Waals surface area contributed by atoms with Gasteiger partial charge in [0.25, 0.3) is 5.91 Å². The molecular formula is C21H21BrN2O4S. The Hall–Kier alpha value is -2.42. The molecule has 152 valence electrons. The van der Waals surface area contributed by atoms with E-state index in [0.717, 1.165) is 20.8 Å². The van der Waals surface area contributed by atoms with E-state index in [0.29, 0.717) is 5.75 Å². The highest BCUT2D eigenvalue weighted by Crippen LogP contribution is 2.32. The molecule has 0 saturated heterocycles. The summed E-state index contributed by atoms with van der Waals surface area (Å²) in [6.45, 7) is 0.0237. The molecule has 0 heterocycles. The van der Waals surface area contributed by atoms with Gasteiger partial charge >= 0.3 is 0 Å². The molecule has 0 radical (unpaired) electrons. The Bertz CT molecular complexity index is 1090. The van der Waals surface area contributed by atoms with Crippen molar-refractivity contribution in [1.29, 1.82) is 0 Å². The molecule has 0 spiro atoms. The zero-order chi connectivity index (χ0) is 20.7. The minimum Gasteiger partial charge on any atom is -0.483 e. The Balaban J connectivity index is 1.43. The fraction of sp³-hybridized carbons (Fsp3) is 0.190. The number of hydrogen-bond acceptors (Lipinski definition) is 4. The maximum absolute atomic E-state index is 12.0. The molecule has 3 aromatic rings. The number of halogens is 1. The van der Waals surface area contributed by atoms with Crippen molar-refractivity contribution in [3.8, 4) is 5.75 Å². The standard InChI is InChI=1S/C21H21BrN2O4S/c22-21-18-9-5-4-8-17(18)10-11-19(21)28-15-20(25)23-12-13-29(26,27)24-14-16-6-2-1-3-7-16/h1-11,24H,12-15H2,(H,23,25). The molecule has 1 amide bonds. The number of fused-ring (bicyclic) bond motifs is 1. The third kappa shape index (κ3) is 6.28. The van der Waals surface area contributed by atoms with Crippen LogP contribution in [0.1, 0.15) is 5.56 Å². The summed E-state index contributed by atoms with van der Waals surface area (Å²) in [7, 11) is -3.49. The van der Waals surface area contributed by atoms with Gasteiger partial charge in [-0.3, -0.25) is 4.79 Å². The van der Waals surface area contributed by atoms with Crippen molar-refractivity contribution in [2.45, 2.75) is 6.54 Å². The van der Waals surface area contributed by atoms with Crippen LogP contribution in [0, 0.1) is 0 Å². The van der Waals surface area contributed by atoms with Crippen molar-refractivity contribution in [3.05, 3.63) is 76.8 Å². The molecule has 0 fully saturated rings. The van der Waals surface area contributed by atoms with Crippen LogP contribution in [0.5, 0.6) is 5.75 Å². The molecule has 0 aliphatic heterocycles. The lowest BCUT2D eigenvalue weighted by Gasteiger charge is -2.11. The third-order valence-electron chi connectivity index (χ3n) is 4.22. The molecule has 0 aliphatic rings. The van der Waals surface area contributed by atoms with Crippen LogP contribution in [0.25, 0.3) is 10.8 Å². The van der Waals surface area contributed by atoms with E-state index in [1.165, 1.54) is 0 Å². The van der Waals surface area contributed by atoms with E-state index in [1.54, 1.807) is 6.07 Å². The maximum atomic E-state index is 12.0. The second kappa shape index (κ2) is 9.87. The second-order valence-electron chi connectivity index (χ2n) is 6.36. The van der Waals surface area contributed by atoms with Gasteiger partial charge in [0.2, 0.25) is 10.0 Å². The van der Waals surface area contributed by atoms with E-state index < -0.39 is 10.0 Å². The fourth-order valence-corrected chi connectivity index (χ4v) is 4.21. The molecule has 8 heteroatoms. The van der Waals surface area contributed by atoms with E-state index >= 15 is 0 Å². The Morgan fingerprint density at radius 2 is 1.69 bits per heavy atom. The quantitative estimate of drug-likeness (QED) is 0.496. The van der Waals surface area contributed by atoms with Gasteiger partial charge < -0.3 is 10.1 Å². The number of sulfonamides is 1. The number of nitrogens with one attached hydrogen (secondary N) is 2. The summed E-state index contributed by atoms with van der Waals surface area (Å²) in [6, 6.07) is 20.8. The molecule has 29 heavy (non-hydrogen) atoms. The van der Waals surface area contributed by atoms with Gasteiger partial charge in [-0.05, 0) is 38.3 Å². The Labute approximate surface area is 178 Å². The zero-order valence-electron chi connectivity index (χ0n) is 15.6. The molecular weight excluding hydrogens is 456 g/mol. The smallest absolute Gasteiger partial charge is 0.257 e. The predicted octanol–water partition coefficient (Wildman–Crippen LogP) is 3.22. The Kier molecular flexibility index (Phi) is 7.24. The lowest BCUT2D eigenvalue weighted by Crippen LogP contribution is -2.36. The first-order valence-corrected chi connectivity index (χ1v) is 11.5. The predicted molar refractivity (Wildman–Crippen MR) is 117 cm³/mol. The highest BCUT2D eigenvalue weighted by molar-refractivity contribution is 9.10. The summed E-state index contributed by atoms with van der Waals surface area (Å²) in [6.07, 6.45) is 0. The summed E-state index contributed by atoms with van der Waals surface area (Å²) in [5.41, 5.74) is 0.870. The molecule has 0 saturated carbocycles. The van der Waals surface area contributed by atoms with Crippen molar-refractivity contribution >= 4 is 42.6 Å². The van der Waals surface area contributed by atoms with Crippen LogP contribution in [0.15, 0.2) is 71.2 Å². The Morgan fingerprint density at radius 1 is 0.966 bits per heavy atom. The van der Waals surface area contributed by atoms with Crippen LogP contribution < -0.4 is 14.8 Å². The van der Waals surface area contributed by atoms with Crippen molar-refractivity contribution < 1.29 is 17.9 Å². The summed E-state index contributed by atoms with van der Waals surface area (Å²) < 4.78 is 32.9. The van der Waals surface area contributed by atoms with Gasteiger partial charge in [-0.15, -0.1) is 0 Å². The number of carbonyl (C=O) groups excluding carboxylic acids is 1. The van der Waals surface area contributed by atoms with E-state index in [1.807, 2.05) is 60.7 Å². The molecule has 0 aliphatic carbocycles. The van der Waals surface area contributed by atoms with Gasteiger partial charge in [0.1, 0.15) is 5.75 Å². The van der Waals surface area contributed by atoms with Crippen molar-refractivity contribution in [2.75, 3.05) is 18.9 Å². The Morgan fingerprint density at radius 3 is 2.48 bits per heavy atom. The number of hydrogen-bond donors (Lipinski definition) is 2. The number of rotatable bonds is 9. The highest BCUT2D eigenvalue weighted by atomic mass is 79.9. The van der Waals surface area contributed by atoms with Crippen LogP contribution >= 0.6 is 15.9 Å². The molecule has 0 aromatic heterocycles. The first-order chi connectivity index (χ1) is 13.9. The van der Waals surface area contributed by atoms with Crippen LogP contribution in [0.4, 0.5) is 0 Å². The van der Waals surface area contributed by atoms with E-state index in [-0.39, 0.29) is 31.4 Å². The van der Waals surface area contributed by atoms with E-state index in [4.69, 9.17) is 4.74 Å². The number of carbonyl (C=O) groups is 1. The molecule has 2 N–H and O–H groups in total. The topological polar surface area (TPSA) is 84.5 Å². The van der Waals surface area contributed by atoms with E-state index in [9.17, 15) is 13.2 Å². The summed E-state index contributed by atoms with van der Waals surface area (Å²) >= 11 is 3.50. The van der Waals surface area contributed by atoms with Crippen molar-refractivity contribution in [1.82, 2.24) is 10.0 Å². The third-order valence-corrected chi connectivity index (χ3v) is 6.36. The van der Waals surface area contributed by atoms with Crippen LogP contribution in [-0.2, 0) is 21.4 Å². The highest BCUT2D eigenvalue weighted by Gasteiger charge is 2.12. The lowest BCUT2D eigenvalue weighted by molar-refractivity contribution is -0.122. The summed E-state index contributed by atoms with van der Waals surface area (Å²) in [5, 5.41) is 4.61. The van der Waals surface area contributed by atoms with Crippen molar-refractivity contribution in [3.63, 3.8) is 0 Å². The molecule has 3 rings (SSSR count). The minimum absolute atomic E-state index is 0.00516. The largest absolute Gasteiger partial charge is 0.483 e. The van der Waals surface area contributed by atoms with Crippen LogP contribution in [-0.4, -0.2) is 33.2 Å². The van der Waals surface area contributed by atoms with Gasteiger partial charge in [0, 0.05) is 13.1 Å². The normalized spacial score (nSPS) is 11.3. The average molecular weight is 477 g/mol. The number of amides is 1. The van der Waals surface area contributed by atoms with Gasteiger partial charge in [-0.2, -0.15) is 0 Å². The maximum Gasteiger partial charge on any atom is 0.257 e. The van der Waals surface area contributed by atoms with Crippen molar-refractivity contribution in [2.24, 2.45) is 0 Å². The lowest BCUT2D eigenvalue weighted by atomic mass is 10.1. The molecule has 3 aromatic carbocycles. The average Bonchev–Trinajstić information content (AvgIpc) is 2.73. The number of ether oxygens (including phenoxy) is 1. The van der Waals surface area contributed by atoms with E-state index in [2.05, 4.69) is 26.0 Å². The summed E-state index contributed by atoms with van der Waals surface area (Å²) in [5.74, 6) is -0.0371. The number of benzene rings is 3. The van der Waals surface area contributed by atoms with Gasteiger partial charge in [0.05, 0.1) is 10.2 Å². The summed E-state index contributed by atoms with van der Waals surface area (Å²) in [4.78, 5) is 12.0. The second-order valence-corrected chi connectivity index (χ2v) is 9.08. The minimum atomic E-state index is -3.49. The molecule has 6 nitrogen and oxygen atoms in total. The fourth-order valence-electron chi connectivity index (χ4n) is 2.71. The first kappa shape index (κ1) is 21.3. The molecule has 0 bridgehead atoms. The van der Waals surface area contributed by atoms with Gasteiger partial charge in [-0.25, -0.2) is 13.1 Å². The SMILES string of the molecule is O=C(COc1ccc2ccccc2c1Br)NCCS(=O)(=O)NCc1ccccc1. The molecule has 0 unspecified atom stereocenters. The zero-order valence-corrected chi connectivity index (χ0v) is 18.0. The van der Waals surface area contributed by atoms with Gasteiger partial charge in [-0.1, -0.05) is 60.7 Å². The van der Waals surface area contributed by atoms with Crippen LogP contribution in [0.3, 0.4) is 0 Å². The van der Waals surface area contributed by atoms with Gasteiger partial charge in [0.15, 0.2) is 6.61 Å². The first-order valence-electron chi connectivity index (χ1n) is 9.02. The molecule has 0 atom stereocenters.